The zero-order chi connectivity index (χ0) is 16.4. The van der Waals surface area contributed by atoms with Gasteiger partial charge in [-0.2, -0.15) is 4.31 Å². The van der Waals surface area contributed by atoms with E-state index in [1.54, 1.807) is 27.8 Å². The molecule has 0 bridgehead atoms. The average Bonchev–Trinajstić information content (AvgIpc) is 3.09. The van der Waals surface area contributed by atoms with Crippen molar-refractivity contribution in [1.82, 2.24) is 9.21 Å². The molecule has 1 aliphatic heterocycles. The van der Waals surface area contributed by atoms with E-state index in [0.29, 0.717) is 24.0 Å². The summed E-state index contributed by atoms with van der Waals surface area (Å²) in [6, 6.07) is 11.7. The Kier molecular flexibility index (Phi) is 4.87. The van der Waals surface area contributed by atoms with Gasteiger partial charge in [-0.3, -0.25) is 4.90 Å². The third-order valence-corrected chi connectivity index (χ3v) is 7.39. The van der Waals surface area contributed by atoms with E-state index in [0.717, 1.165) is 18.7 Å². The summed E-state index contributed by atoms with van der Waals surface area (Å²) in [5.41, 5.74) is 1.07. The summed E-state index contributed by atoms with van der Waals surface area (Å²) in [5.74, 6) is 0. The molecule has 2 heterocycles. The van der Waals surface area contributed by atoms with Crippen molar-refractivity contribution in [1.29, 1.82) is 0 Å². The molecule has 0 aliphatic carbocycles. The second kappa shape index (κ2) is 6.73. The van der Waals surface area contributed by atoms with Crippen LogP contribution in [0.5, 0.6) is 0 Å². The van der Waals surface area contributed by atoms with Gasteiger partial charge in [0.2, 0.25) is 10.0 Å². The van der Waals surface area contributed by atoms with Crippen molar-refractivity contribution >= 4 is 21.4 Å². The van der Waals surface area contributed by atoms with Gasteiger partial charge in [0.15, 0.2) is 0 Å². The first-order valence-electron chi connectivity index (χ1n) is 7.83. The van der Waals surface area contributed by atoms with E-state index in [1.165, 1.54) is 4.88 Å². The number of aryl methyl sites for hydroxylation is 1. The molecular weight excluding hydrogens is 328 g/mol. The summed E-state index contributed by atoms with van der Waals surface area (Å²) in [6.07, 6.45) is 0. The Bertz CT molecular complexity index is 731. The molecule has 0 spiro atoms. The summed E-state index contributed by atoms with van der Waals surface area (Å²) in [5, 5.41) is 2.09. The molecule has 1 saturated heterocycles. The van der Waals surface area contributed by atoms with Crippen LogP contribution in [-0.4, -0.2) is 43.8 Å². The molecule has 23 heavy (non-hydrogen) atoms. The maximum Gasteiger partial charge on any atom is 0.243 e. The van der Waals surface area contributed by atoms with Crippen LogP contribution in [0, 0.1) is 6.92 Å². The van der Waals surface area contributed by atoms with Gasteiger partial charge >= 0.3 is 0 Å². The third kappa shape index (κ3) is 3.50. The quantitative estimate of drug-likeness (QED) is 0.851. The Hall–Kier alpha value is -1.21. The smallest absolute Gasteiger partial charge is 0.243 e. The Morgan fingerprint density at radius 3 is 2.26 bits per heavy atom. The number of hydrogen-bond donors (Lipinski definition) is 0. The van der Waals surface area contributed by atoms with Crippen molar-refractivity contribution in [2.75, 3.05) is 26.2 Å². The highest BCUT2D eigenvalue weighted by atomic mass is 32.2. The van der Waals surface area contributed by atoms with Crippen molar-refractivity contribution in [3.63, 3.8) is 0 Å². The molecule has 0 amide bonds. The van der Waals surface area contributed by atoms with Gasteiger partial charge < -0.3 is 0 Å². The first-order valence-corrected chi connectivity index (χ1v) is 10.1. The van der Waals surface area contributed by atoms with Crippen LogP contribution in [0.25, 0.3) is 0 Å². The summed E-state index contributed by atoms with van der Waals surface area (Å²) in [6.45, 7) is 6.78. The van der Waals surface area contributed by atoms with E-state index in [1.807, 2.05) is 19.1 Å². The predicted molar refractivity (Wildman–Crippen MR) is 94.2 cm³/mol. The largest absolute Gasteiger partial charge is 0.293 e. The first kappa shape index (κ1) is 16.6. The lowest BCUT2D eigenvalue weighted by Gasteiger charge is -2.37. The van der Waals surface area contributed by atoms with E-state index >= 15 is 0 Å². The fraction of sp³-hybridized carbons (Fsp3) is 0.412. The van der Waals surface area contributed by atoms with Gasteiger partial charge in [-0.25, -0.2) is 8.42 Å². The SMILES string of the molecule is Cc1ccc(S(=O)(=O)N2CCN(C(C)c3cccs3)CC2)cc1. The van der Waals surface area contributed by atoms with Crippen LogP contribution >= 0.6 is 11.3 Å². The highest BCUT2D eigenvalue weighted by Gasteiger charge is 2.30. The Morgan fingerprint density at radius 2 is 1.70 bits per heavy atom. The average molecular weight is 351 g/mol. The number of nitrogens with zero attached hydrogens (tertiary/aromatic N) is 2. The van der Waals surface area contributed by atoms with Crippen molar-refractivity contribution in [2.45, 2.75) is 24.8 Å². The molecule has 4 nitrogen and oxygen atoms in total. The van der Waals surface area contributed by atoms with Crippen molar-refractivity contribution in [3.8, 4) is 0 Å². The second-order valence-electron chi connectivity index (χ2n) is 5.94. The van der Waals surface area contributed by atoms with Crippen LogP contribution in [0.2, 0.25) is 0 Å². The number of hydrogen-bond acceptors (Lipinski definition) is 4. The van der Waals surface area contributed by atoms with Gasteiger partial charge in [0, 0.05) is 37.1 Å². The molecule has 124 valence electrons. The Labute approximate surface area is 142 Å². The van der Waals surface area contributed by atoms with Crippen molar-refractivity contribution in [3.05, 3.63) is 52.2 Å². The zero-order valence-electron chi connectivity index (χ0n) is 13.5. The fourth-order valence-corrected chi connectivity index (χ4v) is 5.14. The molecule has 2 aromatic rings. The van der Waals surface area contributed by atoms with Crippen molar-refractivity contribution < 1.29 is 8.42 Å². The second-order valence-corrected chi connectivity index (χ2v) is 8.86. The molecule has 3 rings (SSSR count). The lowest BCUT2D eigenvalue weighted by molar-refractivity contribution is 0.147. The summed E-state index contributed by atoms with van der Waals surface area (Å²) >= 11 is 1.76. The van der Waals surface area contributed by atoms with Crippen LogP contribution in [0.3, 0.4) is 0 Å². The van der Waals surface area contributed by atoms with Crippen LogP contribution in [0.1, 0.15) is 23.4 Å². The van der Waals surface area contributed by atoms with Crippen LogP contribution < -0.4 is 0 Å². The van der Waals surface area contributed by atoms with Crippen LogP contribution in [0.15, 0.2) is 46.7 Å². The highest BCUT2D eigenvalue weighted by molar-refractivity contribution is 7.89. The Morgan fingerprint density at radius 1 is 1.04 bits per heavy atom. The molecule has 1 fully saturated rings. The molecule has 1 aromatic carbocycles. The maximum absolute atomic E-state index is 12.7. The monoisotopic (exact) mass is 350 g/mol. The Balaban J connectivity index is 1.67. The molecule has 0 radical (unpaired) electrons. The highest BCUT2D eigenvalue weighted by Crippen LogP contribution is 2.26. The van der Waals surface area contributed by atoms with E-state index in [9.17, 15) is 8.42 Å². The lowest BCUT2D eigenvalue weighted by Crippen LogP contribution is -2.49. The lowest BCUT2D eigenvalue weighted by atomic mass is 10.2. The van der Waals surface area contributed by atoms with Gasteiger partial charge in [-0.15, -0.1) is 11.3 Å². The van der Waals surface area contributed by atoms with Gasteiger partial charge in [0.1, 0.15) is 0 Å². The standard InChI is InChI=1S/C17H22N2O2S2/c1-14-5-7-16(8-6-14)23(20,21)19-11-9-18(10-12-19)15(2)17-4-3-13-22-17/h3-8,13,15H,9-12H2,1-2H3. The number of thiophene rings is 1. The van der Waals surface area contributed by atoms with Crippen LogP contribution in [0.4, 0.5) is 0 Å². The minimum atomic E-state index is -3.37. The summed E-state index contributed by atoms with van der Waals surface area (Å²) < 4.78 is 27.0. The van der Waals surface area contributed by atoms with Gasteiger partial charge in [0.05, 0.1) is 4.90 Å². The zero-order valence-corrected chi connectivity index (χ0v) is 15.1. The maximum atomic E-state index is 12.7. The number of piperazine rings is 1. The molecule has 1 aliphatic rings. The number of benzene rings is 1. The molecule has 1 aromatic heterocycles. The number of sulfonamides is 1. The van der Waals surface area contributed by atoms with Gasteiger partial charge in [-0.1, -0.05) is 23.8 Å². The normalized spacial score (nSPS) is 18.9. The minimum Gasteiger partial charge on any atom is -0.293 e. The molecule has 1 atom stereocenters. The molecular formula is C17H22N2O2S2. The van der Waals surface area contributed by atoms with Gasteiger partial charge in [-0.05, 0) is 37.4 Å². The number of rotatable bonds is 4. The van der Waals surface area contributed by atoms with E-state index < -0.39 is 10.0 Å². The molecule has 0 saturated carbocycles. The van der Waals surface area contributed by atoms with E-state index in [4.69, 9.17) is 0 Å². The first-order chi connectivity index (χ1) is 11.0. The third-order valence-electron chi connectivity index (χ3n) is 4.43. The predicted octanol–water partition coefficient (Wildman–Crippen LogP) is 3.12. The van der Waals surface area contributed by atoms with Crippen molar-refractivity contribution in [2.24, 2.45) is 0 Å². The van der Waals surface area contributed by atoms with Gasteiger partial charge in [0.25, 0.3) is 0 Å². The van der Waals surface area contributed by atoms with E-state index in [-0.39, 0.29) is 0 Å². The minimum absolute atomic E-state index is 0.347. The molecule has 0 N–H and O–H groups in total. The topological polar surface area (TPSA) is 40.6 Å². The molecule has 6 heteroatoms. The summed E-state index contributed by atoms with van der Waals surface area (Å²) in [7, 11) is -3.37. The van der Waals surface area contributed by atoms with E-state index in [2.05, 4.69) is 29.3 Å². The fourth-order valence-electron chi connectivity index (χ4n) is 2.90. The van der Waals surface area contributed by atoms with Crippen LogP contribution in [-0.2, 0) is 10.0 Å². The molecule has 1 unspecified atom stereocenters. The summed E-state index contributed by atoms with van der Waals surface area (Å²) in [4.78, 5) is 4.08.